The number of rotatable bonds is 7. The summed E-state index contributed by atoms with van der Waals surface area (Å²) in [5.74, 6) is 0.847. The van der Waals surface area contributed by atoms with E-state index in [1.54, 1.807) is 31.4 Å². The molecule has 0 unspecified atom stereocenters. The van der Waals surface area contributed by atoms with Gasteiger partial charge in [-0.25, -0.2) is 4.79 Å². The van der Waals surface area contributed by atoms with E-state index in [0.717, 1.165) is 11.1 Å². The van der Waals surface area contributed by atoms with E-state index in [1.165, 1.54) is 0 Å². The fourth-order valence-corrected chi connectivity index (χ4v) is 2.70. The van der Waals surface area contributed by atoms with Crippen LogP contribution in [0.25, 0.3) is 12.2 Å². The van der Waals surface area contributed by atoms with E-state index < -0.39 is 5.97 Å². The minimum absolute atomic E-state index is 0.357. The maximum absolute atomic E-state index is 12.6. The van der Waals surface area contributed by atoms with Gasteiger partial charge in [0.2, 0.25) is 0 Å². The lowest BCUT2D eigenvalue weighted by Crippen LogP contribution is -2.11. The molecule has 3 aromatic carbocycles. The number of benzene rings is 3. The Balaban J connectivity index is 1.79. The third kappa shape index (κ3) is 4.80. The van der Waals surface area contributed by atoms with Gasteiger partial charge in [-0.1, -0.05) is 60.7 Å². The van der Waals surface area contributed by atoms with Gasteiger partial charge < -0.3 is 14.2 Å². The van der Waals surface area contributed by atoms with E-state index in [4.69, 9.17) is 14.2 Å². The van der Waals surface area contributed by atoms with Gasteiger partial charge in [0.25, 0.3) is 0 Å². The molecule has 0 aliphatic rings. The molecule has 4 heteroatoms. The highest BCUT2D eigenvalue weighted by Crippen LogP contribution is 2.30. The van der Waals surface area contributed by atoms with Crippen molar-refractivity contribution in [1.29, 1.82) is 0 Å². The van der Waals surface area contributed by atoms with Crippen LogP contribution >= 0.6 is 0 Å². The van der Waals surface area contributed by atoms with E-state index in [-0.39, 0.29) is 0 Å². The van der Waals surface area contributed by atoms with Gasteiger partial charge in [-0.05, 0) is 42.3 Å². The molecule has 0 N–H and O–H groups in total. The van der Waals surface area contributed by atoms with Crippen LogP contribution in [0.2, 0.25) is 0 Å². The molecule has 0 aromatic heterocycles. The van der Waals surface area contributed by atoms with E-state index in [2.05, 4.69) is 0 Å². The first-order valence-corrected chi connectivity index (χ1v) is 9.06. The van der Waals surface area contributed by atoms with Crippen molar-refractivity contribution in [2.75, 3.05) is 13.7 Å². The highest BCUT2D eigenvalue weighted by molar-refractivity contribution is 5.94. The minimum Gasteiger partial charge on any atom is -0.493 e. The summed E-state index contributed by atoms with van der Waals surface area (Å²) in [5.41, 5.74) is 2.42. The average Bonchev–Trinajstić information content (AvgIpc) is 2.74. The lowest BCUT2D eigenvalue weighted by Gasteiger charge is -2.12. The maximum Gasteiger partial charge on any atom is 0.347 e. The second-order valence-electron chi connectivity index (χ2n) is 5.97. The summed E-state index contributed by atoms with van der Waals surface area (Å²) in [6, 6.07) is 22.5. The van der Waals surface area contributed by atoms with Crippen molar-refractivity contribution in [2.24, 2.45) is 0 Å². The Labute approximate surface area is 165 Å². The molecule has 0 atom stereocenters. The number of carbonyl (C=O) groups excluding carboxylic acids is 1. The predicted octanol–water partition coefficient (Wildman–Crippen LogP) is 5.48. The smallest absolute Gasteiger partial charge is 0.347 e. The van der Waals surface area contributed by atoms with Crippen LogP contribution in [0.3, 0.4) is 0 Å². The number of hydrogen-bond donors (Lipinski definition) is 0. The fourth-order valence-electron chi connectivity index (χ4n) is 2.70. The molecular weight excluding hydrogens is 352 g/mol. The zero-order valence-corrected chi connectivity index (χ0v) is 15.9. The van der Waals surface area contributed by atoms with Crippen molar-refractivity contribution >= 4 is 18.1 Å². The highest BCUT2D eigenvalue weighted by Gasteiger charge is 2.16. The quantitative estimate of drug-likeness (QED) is 0.312. The molecule has 0 fully saturated rings. The van der Waals surface area contributed by atoms with Gasteiger partial charge >= 0.3 is 5.97 Å². The largest absolute Gasteiger partial charge is 0.493 e. The van der Waals surface area contributed by atoms with Crippen LogP contribution < -0.4 is 14.2 Å². The molecular formula is C24H22O4. The Morgan fingerprint density at radius 2 is 1.54 bits per heavy atom. The summed E-state index contributed by atoms with van der Waals surface area (Å²) in [4.78, 5) is 12.6. The monoisotopic (exact) mass is 374 g/mol. The molecule has 0 bridgehead atoms. The number of methoxy groups -OCH3 is 1. The maximum atomic E-state index is 12.6. The molecule has 28 heavy (non-hydrogen) atoms. The lowest BCUT2D eigenvalue weighted by atomic mass is 10.1. The summed E-state index contributed by atoms with van der Waals surface area (Å²) in [6.45, 7) is 2.34. The van der Waals surface area contributed by atoms with Crippen LogP contribution in [-0.4, -0.2) is 19.7 Å². The molecule has 0 aliphatic heterocycles. The third-order valence-corrected chi connectivity index (χ3v) is 4.06. The van der Waals surface area contributed by atoms with Crippen molar-refractivity contribution < 1.29 is 19.0 Å². The fraction of sp³-hybridized carbons (Fsp3) is 0.125. The summed E-state index contributed by atoms with van der Waals surface area (Å²) in [5, 5.41) is 0. The molecule has 0 saturated carbocycles. The van der Waals surface area contributed by atoms with Crippen LogP contribution in [0.4, 0.5) is 0 Å². The topological polar surface area (TPSA) is 44.8 Å². The Kier molecular flexibility index (Phi) is 6.47. The molecule has 0 saturated heterocycles. The van der Waals surface area contributed by atoms with E-state index in [1.807, 2.05) is 67.6 Å². The molecule has 0 radical (unpaired) electrons. The number of ether oxygens (including phenoxy) is 3. The lowest BCUT2D eigenvalue weighted by molar-refractivity contribution is 0.0725. The van der Waals surface area contributed by atoms with Crippen molar-refractivity contribution in [3.05, 3.63) is 89.5 Å². The number of hydrogen-bond acceptors (Lipinski definition) is 4. The second kappa shape index (κ2) is 9.42. The van der Waals surface area contributed by atoms with Crippen molar-refractivity contribution in [3.63, 3.8) is 0 Å². The van der Waals surface area contributed by atoms with Gasteiger partial charge in [0.05, 0.1) is 13.7 Å². The first-order chi connectivity index (χ1) is 13.7. The molecule has 0 aliphatic carbocycles. The van der Waals surface area contributed by atoms with E-state index >= 15 is 0 Å². The second-order valence-corrected chi connectivity index (χ2v) is 5.97. The zero-order valence-electron chi connectivity index (χ0n) is 15.9. The molecule has 4 nitrogen and oxygen atoms in total. The number of para-hydroxylation sites is 1. The molecule has 142 valence electrons. The van der Waals surface area contributed by atoms with Crippen LogP contribution in [0.5, 0.6) is 17.2 Å². The Bertz CT molecular complexity index is 961. The average molecular weight is 374 g/mol. The molecule has 3 rings (SSSR count). The van der Waals surface area contributed by atoms with Crippen LogP contribution in [0.15, 0.2) is 72.8 Å². The number of esters is 1. The third-order valence-electron chi connectivity index (χ3n) is 4.06. The Hall–Kier alpha value is -3.53. The molecule has 0 heterocycles. The van der Waals surface area contributed by atoms with E-state index in [9.17, 15) is 4.79 Å². The summed E-state index contributed by atoms with van der Waals surface area (Å²) >= 11 is 0. The van der Waals surface area contributed by atoms with E-state index in [0.29, 0.717) is 29.4 Å². The zero-order chi connectivity index (χ0) is 19.8. The van der Waals surface area contributed by atoms with Gasteiger partial charge in [-0.3, -0.25) is 0 Å². The van der Waals surface area contributed by atoms with Gasteiger partial charge in [0.15, 0.2) is 11.5 Å². The van der Waals surface area contributed by atoms with Crippen LogP contribution in [-0.2, 0) is 0 Å². The molecule has 0 amide bonds. The number of carbonyl (C=O) groups is 1. The summed E-state index contributed by atoms with van der Waals surface area (Å²) in [6.07, 6.45) is 3.99. The summed E-state index contributed by atoms with van der Waals surface area (Å²) < 4.78 is 16.5. The van der Waals surface area contributed by atoms with Crippen molar-refractivity contribution in [3.8, 4) is 17.2 Å². The van der Waals surface area contributed by atoms with Gasteiger partial charge in [-0.15, -0.1) is 0 Å². The SMILES string of the molecule is CCOc1ccccc1C(=O)Oc1ccc(C=Cc2ccccc2)cc1OC. The molecule has 0 spiro atoms. The van der Waals surface area contributed by atoms with Crippen molar-refractivity contribution in [1.82, 2.24) is 0 Å². The van der Waals surface area contributed by atoms with Gasteiger partial charge in [0.1, 0.15) is 11.3 Å². The van der Waals surface area contributed by atoms with Crippen molar-refractivity contribution in [2.45, 2.75) is 6.92 Å². The van der Waals surface area contributed by atoms with Gasteiger partial charge in [-0.2, -0.15) is 0 Å². The van der Waals surface area contributed by atoms with Crippen LogP contribution in [0.1, 0.15) is 28.4 Å². The Morgan fingerprint density at radius 3 is 2.29 bits per heavy atom. The summed E-state index contributed by atoms with van der Waals surface area (Å²) in [7, 11) is 1.55. The first-order valence-electron chi connectivity index (χ1n) is 9.06. The predicted molar refractivity (Wildman–Crippen MR) is 111 cm³/mol. The minimum atomic E-state index is -0.491. The van der Waals surface area contributed by atoms with Gasteiger partial charge in [0, 0.05) is 0 Å². The van der Waals surface area contributed by atoms with Crippen LogP contribution in [0, 0.1) is 0 Å². The Morgan fingerprint density at radius 1 is 0.821 bits per heavy atom. The normalized spacial score (nSPS) is 10.6. The molecule has 3 aromatic rings. The highest BCUT2D eigenvalue weighted by atomic mass is 16.6. The standard InChI is InChI=1S/C24H22O4/c1-3-27-21-12-8-7-11-20(21)24(25)28-22-16-15-19(17-23(22)26-2)14-13-18-9-5-4-6-10-18/h4-17H,3H2,1-2H3. The first kappa shape index (κ1) is 19.2.